The summed E-state index contributed by atoms with van der Waals surface area (Å²) < 4.78 is 0. The highest BCUT2D eigenvalue weighted by atomic mass is 15.1. The van der Waals surface area contributed by atoms with Crippen LogP contribution >= 0.6 is 0 Å². The zero-order valence-electron chi connectivity index (χ0n) is 7.71. The number of hydrogen-bond donors (Lipinski definition) is 0. The molecule has 2 heterocycles. The van der Waals surface area contributed by atoms with Gasteiger partial charge >= 0.3 is 0 Å². The first-order valence-electron chi connectivity index (χ1n) is 4.99. The van der Waals surface area contributed by atoms with Crippen LogP contribution in [0.2, 0.25) is 0 Å². The van der Waals surface area contributed by atoms with E-state index in [9.17, 15) is 0 Å². The molecule has 0 aromatic heterocycles. The molecule has 0 aromatic carbocycles. The van der Waals surface area contributed by atoms with E-state index in [4.69, 9.17) is 0 Å². The smallest absolute Gasteiger partial charge is 0.00124 e. The molecule has 64 valence electrons. The van der Waals surface area contributed by atoms with Crippen LogP contribution in [0.25, 0.3) is 0 Å². The van der Waals surface area contributed by atoms with Crippen molar-refractivity contribution in [2.75, 3.05) is 19.6 Å². The molecule has 4 unspecified atom stereocenters. The lowest BCUT2D eigenvalue weighted by Gasteiger charge is -2.45. The van der Waals surface area contributed by atoms with Crippen LogP contribution in [0, 0.1) is 17.8 Å². The summed E-state index contributed by atoms with van der Waals surface area (Å²) in [5.74, 6) is 2.94. The average molecular weight is 153 g/mol. The van der Waals surface area contributed by atoms with E-state index in [1.54, 1.807) is 0 Å². The van der Waals surface area contributed by atoms with Crippen molar-refractivity contribution in [2.45, 2.75) is 26.7 Å². The van der Waals surface area contributed by atoms with Gasteiger partial charge in [0.15, 0.2) is 0 Å². The minimum Gasteiger partial charge on any atom is -0.303 e. The lowest BCUT2D eigenvalue weighted by atomic mass is 9.75. The number of fused-ring (bicyclic) bond motifs is 2. The summed E-state index contributed by atoms with van der Waals surface area (Å²) in [5.41, 5.74) is 0. The van der Waals surface area contributed by atoms with Gasteiger partial charge in [0, 0.05) is 13.1 Å². The molecule has 2 saturated heterocycles. The molecular weight excluding hydrogens is 134 g/mol. The molecule has 0 radical (unpaired) electrons. The van der Waals surface area contributed by atoms with Gasteiger partial charge in [-0.2, -0.15) is 0 Å². The van der Waals surface area contributed by atoms with Crippen LogP contribution in [0.3, 0.4) is 0 Å². The molecule has 0 spiro atoms. The first kappa shape index (κ1) is 7.60. The topological polar surface area (TPSA) is 3.24 Å². The average Bonchev–Trinajstić information content (AvgIpc) is 2.01. The summed E-state index contributed by atoms with van der Waals surface area (Å²) in [4.78, 5) is 2.65. The van der Waals surface area contributed by atoms with Crippen molar-refractivity contribution < 1.29 is 0 Å². The van der Waals surface area contributed by atoms with Crippen LogP contribution in [-0.4, -0.2) is 24.5 Å². The Bertz CT molecular complexity index is 142. The molecule has 4 atom stereocenters. The van der Waals surface area contributed by atoms with Crippen LogP contribution in [0.4, 0.5) is 0 Å². The SMILES string of the molecule is CC1CN2CCCC(C2)C1C. The van der Waals surface area contributed by atoms with Gasteiger partial charge in [-0.3, -0.25) is 0 Å². The third-order valence-electron chi connectivity index (χ3n) is 3.73. The van der Waals surface area contributed by atoms with Crippen LogP contribution in [0.5, 0.6) is 0 Å². The van der Waals surface area contributed by atoms with E-state index in [0.717, 1.165) is 17.8 Å². The van der Waals surface area contributed by atoms with E-state index in [-0.39, 0.29) is 0 Å². The van der Waals surface area contributed by atoms with Gasteiger partial charge in [0.05, 0.1) is 0 Å². The fourth-order valence-corrected chi connectivity index (χ4v) is 2.72. The molecule has 0 saturated carbocycles. The molecule has 0 aromatic rings. The van der Waals surface area contributed by atoms with Crippen molar-refractivity contribution in [3.8, 4) is 0 Å². The summed E-state index contributed by atoms with van der Waals surface area (Å²) in [6.45, 7) is 8.98. The minimum atomic E-state index is 0.939. The molecule has 0 aliphatic carbocycles. The van der Waals surface area contributed by atoms with Crippen molar-refractivity contribution in [2.24, 2.45) is 17.8 Å². The van der Waals surface area contributed by atoms with E-state index in [1.807, 2.05) is 0 Å². The largest absolute Gasteiger partial charge is 0.303 e. The van der Waals surface area contributed by atoms with Crippen LogP contribution in [-0.2, 0) is 0 Å². The highest BCUT2D eigenvalue weighted by Crippen LogP contribution is 2.34. The van der Waals surface area contributed by atoms with Crippen molar-refractivity contribution in [1.29, 1.82) is 0 Å². The van der Waals surface area contributed by atoms with Crippen molar-refractivity contribution in [3.63, 3.8) is 0 Å². The molecule has 2 aliphatic heterocycles. The Morgan fingerprint density at radius 2 is 2.00 bits per heavy atom. The molecule has 2 fully saturated rings. The maximum Gasteiger partial charge on any atom is 0.00124 e. The van der Waals surface area contributed by atoms with Gasteiger partial charge in [-0.15, -0.1) is 0 Å². The third-order valence-corrected chi connectivity index (χ3v) is 3.73. The second kappa shape index (κ2) is 2.78. The standard InChI is InChI=1S/C10H19N/c1-8-6-11-5-3-4-10(7-11)9(8)2/h8-10H,3-7H2,1-2H3. The van der Waals surface area contributed by atoms with Crippen molar-refractivity contribution >= 4 is 0 Å². The van der Waals surface area contributed by atoms with E-state index < -0.39 is 0 Å². The Labute approximate surface area is 69.8 Å². The third kappa shape index (κ3) is 1.31. The second-order valence-electron chi connectivity index (χ2n) is 4.50. The van der Waals surface area contributed by atoms with Gasteiger partial charge < -0.3 is 4.90 Å². The Morgan fingerprint density at radius 3 is 2.82 bits per heavy atom. The first-order chi connectivity index (χ1) is 5.27. The van der Waals surface area contributed by atoms with Gasteiger partial charge in [-0.1, -0.05) is 13.8 Å². The molecule has 0 amide bonds. The van der Waals surface area contributed by atoms with E-state index in [1.165, 1.54) is 32.5 Å². The molecule has 11 heavy (non-hydrogen) atoms. The Morgan fingerprint density at radius 1 is 1.18 bits per heavy atom. The lowest BCUT2D eigenvalue weighted by molar-refractivity contribution is 0.0411. The molecule has 2 bridgehead atoms. The second-order valence-corrected chi connectivity index (χ2v) is 4.50. The number of hydrogen-bond acceptors (Lipinski definition) is 1. The van der Waals surface area contributed by atoms with Gasteiger partial charge in [-0.05, 0) is 37.1 Å². The summed E-state index contributed by atoms with van der Waals surface area (Å²) >= 11 is 0. The zero-order chi connectivity index (χ0) is 7.84. The van der Waals surface area contributed by atoms with E-state index in [0.29, 0.717) is 0 Å². The van der Waals surface area contributed by atoms with Gasteiger partial charge in [-0.25, -0.2) is 0 Å². The van der Waals surface area contributed by atoms with Gasteiger partial charge in [0.25, 0.3) is 0 Å². The maximum atomic E-state index is 2.65. The highest BCUT2D eigenvalue weighted by Gasteiger charge is 2.33. The van der Waals surface area contributed by atoms with Crippen LogP contribution < -0.4 is 0 Å². The summed E-state index contributed by atoms with van der Waals surface area (Å²) in [6.07, 6.45) is 2.93. The fourth-order valence-electron chi connectivity index (χ4n) is 2.72. The molecule has 1 nitrogen and oxygen atoms in total. The molecule has 0 N–H and O–H groups in total. The quantitative estimate of drug-likeness (QED) is 0.514. The van der Waals surface area contributed by atoms with Crippen LogP contribution in [0.15, 0.2) is 0 Å². The van der Waals surface area contributed by atoms with Gasteiger partial charge in [0.2, 0.25) is 0 Å². The predicted molar refractivity (Wildman–Crippen MR) is 47.5 cm³/mol. The van der Waals surface area contributed by atoms with E-state index >= 15 is 0 Å². The number of nitrogens with zero attached hydrogens (tertiary/aromatic N) is 1. The van der Waals surface area contributed by atoms with E-state index in [2.05, 4.69) is 18.7 Å². The maximum absolute atomic E-state index is 2.65. The number of piperidine rings is 2. The summed E-state index contributed by atoms with van der Waals surface area (Å²) in [6, 6.07) is 0. The molecule has 2 aliphatic rings. The zero-order valence-corrected chi connectivity index (χ0v) is 7.71. The first-order valence-corrected chi connectivity index (χ1v) is 4.99. The van der Waals surface area contributed by atoms with Crippen LogP contribution in [0.1, 0.15) is 26.7 Å². The fraction of sp³-hybridized carbons (Fsp3) is 1.00. The minimum absolute atomic E-state index is 0.939. The van der Waals surface area contributed by atoms with Gasteiger partial charge in [0.1, 0.15) is 0 Å². The Hall–Kier alpha value is -0.0400. The summed E-state index contributed by atoms with van der Waals surface area (Å²) in [7, 11) is 0. The Kier molecular flexibility index (Phi) is 1.92. The molecular formula is C10H19N. The predicted octanol–water partition coefficient (Wildman–Crippen LogP) is 1.98. The highest BCUT2D eigenvalue weighted by molar-refractivity contribution is 4.85. The van der Waals surface area contributed by atoms with Crippen molar-refractivity contribution in [1.82, 2.24) is 4.90 Å². The normalized spacial score (nSPS) is 50.7. The molecule has 1 heteroatoms. The number of rotatable bonds is 0. The monoisotopic (exact) mass is 153 g/mol. The Balaban J connectivity index is 2.05. The molecule has 2 rings (SSSR count). The van der Waals surface area contributed by atoms with Crippen molar-refractivity contribution in [3.05, 3.63) is 0 Å². The summed E-state index contributed by atoms with van der Waals surface area (Å²) in [5, 5.41) is 0. The lowest BCUT2D eigenvalue weighted by Crippen LogP contribution is -2.47.